The first kappa shape index (κ1) is 17.2. The number of rotatable bonds is 7. The van der Waals surface area contributed by atoms with Crippen LogP contribution in [-0.2, 0) is 6.54 Å². The number of aliphatic hydroxyl groups is 1. The molecule has 0 saturated carbocycles. The minimum Gasteiger partial charge on any atom is -0.497 e. The van der Waals surface area contributed by atoms with E-state index in [2.05, 4.69) is 15.4 Å². The molecule has 7 nitrogen and oxygen atoms in total. The molecule has 0 radical (unpaired) electrons. The molecule has 0 bridgehead atoms. The molecular weight excluding hydrogens is 344 g/mol. The molecular formula is C17H17ClN4O3. The highest BCUT2D eigenvalue weighted by Gasteiger charge is 2.11. The van der Waals surface area contributed by atoms with Crippen LogP contribution in [-0.4, -0.2) is 45.1 Å². The fourth-order valence-electron chi connectivity index (χ4n) is 2.14. The molecule has 0 aliphatic carbocycles. The van der Waals surface area contributed by atoms with E-state index in [-0.39, 0.29) is 13.2 Å². The van der Waals surface area contributed by atoms with Crippen LogP contribution in [0, 0.1) is 0 Å². The van der Waals surface area contributed by atoms with Gasteiger partial charge in [-0.2, -0.15) is 4.80 Å². The topological polar surface area (TPSA) is 82.3 Å². The van der Waals surface area contributed by atoms with E-state index in [4.69, 9.17) is 21.1 Å². The SMILES string of the molecule is COc1ccc(OCC(O)Cn2nnc(-c3ccc(Cl)cc3)n2)cc1. The molecule has 3 aromatic rings. The van der Waals surface area contributed by atoms with E-state index in [0.717, 1.165) is 11.3 Å². The van der Waals surface area contributed by atoms with Crippen LogP contribution in [0.4, 0.5) is 0 Å². The van der Waals surface area contributed by atoms with Gasteiger partial charge in [0.05, 0.1) is 13.7 Å². The Bertz CT molecular complexity index is 806. The number of aromatic nitrogens is 4. The maximum Gasteiger partial charge on any atom is 0.204 e. The van der Waals surface area contributed by atoms with Gasteiger partial charge in [0, 0.05) is 10.6 Å². The van der Waals surface area contributed by atoms with Crippen molar-refractivity contribution in [3.63, 3.8) is 0 Å². The molecule has 0 spiro atoms. The highest BCUT2D eigenvalue weighted by Crippen LogP contribution is 2.18. The fraction of sp³-hybridized carbons (Fsp3) is 0.235. The van der Waals surface area contributed by atoms with Crippen LogP contribution in [0.2, 0.25) is 5.02 Å². The van der Waals surface area contributed by atoms with Crippen LogP contribution in [0.5, 0.6) is 11.5 Å². The van der Waals surface area contributed by atoms with Gasteiger partial charge in [-0.05, 0) is 53.7 Å². The maximum atomic E-state index is 10.1. The molecule has 130 valence electrons. The lowest BCUT2D eigenvalue weighted by molar-refractivity contribution is 0.0849. The number of tetrazole rings is 1. The smallest absolute Gasteiger partial charge is 0.204 e. The third-order valence-electron chi connectivity index (χ3n) is 3.43. The van der Waals surface area contributed by atoms with Crippen LogP contribution >= 0.6 is 11.6 Å². The molecule has 1 N–H and O–H groups in total. The summed E-state index contributed by atoms with van der Waals surface area (Å²) in [5.41, 5.74) is 0.805. The number of ether oxygens (including phenoxy) is 2. The summed E-state index contributed by atoms with van der Waals surface area (Å²) < 4.78 is 10.6. The Morgan fingerprint density at radius 1 is 1.08 bits per heavy atom. The van der Waals surface area contributed by atoms with Gasteiger partial charge in [-0.25, -0.2) is 0 Å². The van der Waals surface area contributed by atoms with Crippen LogP contribution < -0.4 is 9.47 Å². The van der Waals surface area contributed by atoms with Crippen molar-refractivity contribution in [1.82, 2.24) is 20.2 Å². The molecule has 1 atom stereocenters. The predicted molar refractivity (Wildman–Crippen MR) is 92.8 cm³/mol. The van der Waals surface area contributed by atoms with Gasteiger partial charge in [0.1, 0.15) is 24.2 Å². The van der Waals surface area contributed by atoms with Crippen molar-refractivity contribution in [3.05, 3.63) is 53.6 Å². The number of hydrogen-bond donors (Lipinski definition) is 1. The van der Waals surface area contributed by atoms with Crippen molar-refractivity contribution in [2.45, 2.75) is 12.6 Å². The molecule has 0 saturated heterocycles. The number of aliphatic hydroxyl groups excluding tert-OH is 1. The van der Waals surface area contributed by atoms with E-state index in [9.17, 15) is 5.11 Å². The lowest BCUT2D eigenvalue weighted by Crippen LogP contribution is -2.24. The van der Waals surface area contributed by atoms with Crippen LogP contribution in [0.1, 0.15) is 0 Å². The van der Waals surface area contributed by atoms with Crippen molar-refractivity contribution in [2.75, 3.05) is 13.7 Å². The molecule has 1 aromatic heterocycles. The summed E-state index contributed by atoms with van der Waals surface area (Å²) >= 11 is 5.86. The van der Waals surface area contributed by atoms with Crippen molar-refractivity contribution in [3.8, 4) is 22.9 Å². The van der Waals surface area contributed by atoms with Crippen LogP contribution in [0.25, 0.3) is 11.4 Å². The van der Waals surface area contributed by atoms with Crippen LogP contribution in [0.3, 0.4) is 0 Å². The summed E-state index contributed by atoms with van der Waals surface area (Å²) in [5.74, 6) is 1.86. The van der Waals surface area contributed by atoms with E-state index in [0.29, 0.717) is 16.6 Å². The number of methoxy groups -OCH3 is 1. The molecule has 25 heavy (non-hydrogen) atoms. The molecule has 1 unspecified atom stereocenters. The van der Waals surface area contributed by atoms with E-state index in [1.165, 1.54) is 4.80 Å². The summed E-state index contributed by atoms with van der Waals surface area (Å²) in [6.45, 7) is 0.293. The number of nitrogens with zero attached hydrogens (tertiary/aromatic N) is 4. The Morgan fingerprint density at radius 3 is 2.44 bits per heavy atom. The highest BCUT2D eigenvalue weighted by atomic mass is 35.5. The van der Waals surface area contributed by atoms with Gasteiger partial charge < -0.3 is 14.6 Å². The Morgan fingerprint density at radius 2 is 1.76 bits per heavy atom. The third kappa shape index (κ3) is 4.68. The zero-order valence-electron chi connectivity index (χ0n) is 13.5. The van der Waals surface area contributed by atoms with Crippen molar-refractivity contribution >= 4 is 11.6 Å². The van der Waals surface area contributed by atoms with E-state index < -0.39 is 6.10 Å². The summed E-state index contributed by atoms with van der Waals surface area (Å²) in [6, 6.07) is 14.3. The standard InChI is InChI=1S/C17H17ClN4O3/c1-24-15-6-8-16(9-7-15)25-11-14(23)10-22-20-17(19-21-22)12-2-4-13(18)5-3-12/h2-9,14,23H,10-11H2,1H3. The molecule has 8 heteroatoms. The van der Waals surface area contributed by atoms with Gasteiger partial charge in [-0.1, -0.05) is 11.6 Å². The molecule has 2 aromatic carbocycles. The van der Waals surface area contributed by atoms with E-state index in [1.54, 1.807) is 43.5 Å². The van der Waals surface area contributed by atoms with Gasteiger partial charge in [0.15, 0.2) is 0 Å². The summed E-state index contributed by atoms with van der Waals surface area (Å²) in [6.07, 6.45) is -0.769. The molecule has 0 fully saturated rings. The number of benzene rings is 2. The maximum absolute atomic E-state index is 10.1. The zero-order valence-corrected chi connectivity index (χ0v) is 14.3. The van der Waals surface area contributed by atoms with Gasteiger partial charge in [-0.15, -0.1) is 10.2 Å². The van der Waals surface area contributed by atoms with Crippen molar-refractivity contribution in [1.29, 1.82) is 0 Å². The Balaban J connectivity index is 1.54. The fourth-order valence-corrected chi connectivity index (χ4v) is 2.27. The molecule has 0 amide bonds. The van der Waals surface area contributed by atoms with E-state index >= 15 is 0 Å². The summed E-state index contributed by atoms with van der Waals surface area (Å²) in [7, 11) is 1.60. The van der Waals surface area contributed by atoms with Crippen LogP contribution in [0.15, 0.2) is 48.5 Å². The van der Waals surface area contributed by atoms with E-state index in [1.807, 2.05) is 12.1 Å². The van der Waals surface area contributed by atoms with Gasteiger partial charge >= 0.3 is 0 Å². The first-order valence-electron chi connectivity index (χ1n) is 7.63. The van der Waals surface area contributed by atoms with Gasteiger partial charge in [0.2, 0.25) is 5.82 Å². The first-order chi connectivity index (χ1) is 12.1. The zero-order chi connectivity index (χ0) is 17.6. The average molecular weight is 361 g/mol. The predicted octanol–water partition coefficient (Wildman–Crippen LogP) is 2.44. The monoisotopic (exact) mass is 360 g/mol. The summed E-state index contributed by atoms with van der Waals surface area (Å²) in [4.78, 5) is 1.34. The Hall–Kier alpha value is -2.64. The highest BCUT2D eigenvalue weighted by molar-refractivity contribution is 6.30. The quantitative estimate of drug-likeness (QED) is 0.697. The second-order valence-electron chi connectivity index (χ2n) is 5.32. The van der Waals surface area contributed by atoms with Crippen molar-refractivity contribution in [2.24, 2.45) is 0 Å². The average Bonchev–Trinajstić information content (AvgIpc) is 3.09. The van der Waals surface area contributed by atoms with Crippen molar-refractivity contribution < 1.29 is 14.6 Å². The van der Waals surface area contributed by atoms with Gasteiger partial charge in [0.25, 0.3) is 0 Å². The largest absolute Gasteiger partial charge is 0.497 e. The molecule has 0 aliphatic rings. The normalized spacial score (nSPS) is 12.0. The second-order valence-corrected chi connectivity index (χ2v) is 5.75. The molecule has 1 heterocycles. The lowest BCUT2D eigenvalue weighted by atomic mass is 10.2. The number of halogens is 1. The third-order valence-corrected chi connectivity index (χ3v) is 3.68. The summed E-state index contributed by atoms with van der Waals surface area (Å²) in [5, 5.41) is 22.9. The first-order valence-corrected chi connectivity index (χ1v) is 8.00. The molecule has 3 rings (SSSR count). The lowest BCUT2D eigenvalue weighted by Gasteiger charge is -2.11. The minimum absolute atomic E-state index is 0.115. The van der Waals surface area contributed by atoms with Gasteiger partial charge in [-0.3, -0.25) is 0 Å². The number of hydrogen-bond acceptors (Lipinski definition) is 6. The Labute approximate surface area is 149 Å². The Kier molecular flexibility index (Phi) is 5.47. The molecule has 0 aliphatic heterocycles. The second kappa shape index (κ2) is 7.96. The minimum atomic E-state index is -0.769.